The molecular formula is C23H31Cl2N3O2S2. The van der Waals surface area contributed by atoms with Crippen molar-refractivity contribution in [3.8, 4) is 0 Å². The normalized spacial score (nSPS) is 17.9. The Morgan fingerprint density at radius 2 is 1.62 bits per heavy atom. The highest BCUT2D eigenvalue weighted by molar-refractivity contribution is 7.99. The number of likely N-dealkylation sites (N-methyl/N-ethyl adjacent to an activating group) is 1. The molecule has 1 saturated heterocycles. The van der Waals surface area contributed by atoms with Crippen LogP contribution in [0.3, 0.4) is 0 Å². The predicted octanol–water partition coefficient (Wildman–Crippen LogP) is 4.31. The molecular weight excluding hydrogens is 485 g/mol. The van der Waals surface area contributed by atoms with Gasteiger partial charge in [0.1, 0.15) is 0 Å². The summed E-state index contributed by atoms with van der Waals surface area (Å²) in [5.74, 6) is 0. The second kappa shape index (κ2) is 11.4. The van der Waals surface area contributed by atoms with E-state index in [1.165, 1.54) is 14.8 Å². The SMILES string of the molecule is CN1CCN(CC/C=C2\c3ccccc3Sc3ccc(S(=O)(=O)N(C)C)cc32)CC1.Cl.Cl. The summed E-state index contributed by atoms with van der Waals surface area (Å²) >= 11 is 1.71. The van der Waals surface area contributed by atoms with Crippen molar-refractivity contribution in [3.05, 3.63) is 59.7 Å². The second-order valence-electron chi connectivity index (χ2n) is 8.10. The van der Waals surface area contributed by atoms with Gasteiger partial charge in [0.2, 0.25) is 10.0 Å². The van der Waals surface area contributed by atoms with Crippen molar-refractivity contribution < 1.29 is 8.42 Å². The monoisotopic (exact) mass is 515 g/mol. The van der Waals surface area contributed by atoms with Crippen LogP contribution in [0.5, 0.6) is 0 Å². The van der Waals surface area contributed by atoms with Crippen LogP contribution in [0.15, 0.2) is 63.2 Å². The van der Waals surface area contributed by atoms with E-state index >= 15 is 0 Å². The molecule has 0 radical (unpaired) electrons. The van der Waals surface area contributed by atoms with Crippen molar-refractivity contribution in [2.75, 3.05) is 53.9 Å². The number of fused-ring (bicyclic) bond motifs is 2. The average molecular weight is 517 g/mol. The molecule has 0 atom stereocenters. The number of rotatable bonds is 5. The Bertz CT molecular complexity index is 1070. The van der Waals surface area contributed by atoms with Crippen molar-refractivity contribution in [3.63, 3.8) is 0 Å². The van der Waals surface area contributed by atoms with Crippen LogP contribution in [-0.2, 0) is 10.0 Å². The maximum atomic E-state index is 12.7. The molecule has 0 N–H and O–H groups in total. The number of nitrogens with zero attached hydrogens (tertiary/aromatic N) is 3. The van der Waals surface area contributed by atoms with Crippen LogP contribution in [-0.4, -0.2) is 76.4 Å². The Morgan fingerprint density at radius 1 is 0.969 bits per heavy atom. The fraction of sp³-hybridized carbons (Fsp3) is 0.391. The topological polar surface area (TPSA) is 43.9 Å². The zero-order chi connectivity index (χ0) is 21.3. The van der Waals surface area contributed by atoms with Crippen molar-refractivity contribution in [1.82, 2.24) is 14.1 Å². The maximum absolute atomic E-state index is 12.7. The number of hydrogen-bond acceptors (Lipinski definition) is 5. The highest BCUT2D eigenvalue weighted by atomic mass is 35.5. The smallest absolute Gasteiger partial charge is 0.242 e. The minimum absolute atomic E-state index is 0. The van der Waals surface area contributed by atoms with E-state index in [4.69, 9.17) is 0 Å². The van der Waals surface area contributed by atoms with Gasteiger partial charge < -0.3 is 9.80 Å². The first kappa shape index (κ1) is 27.2. The largest absolute Gasteiger partial charge is 0.304 e. The summed E-state index contributed by atoms with van der Waals surface area (Å²) in [6.07, 6.45) is 3.24. The van der Waals surface area contributed by atoms with Gasteiger partial charge in [0, 0.05) is 56.6 Å². The first-order chi connectivity index (χ1) is 14.4. The van der Waals surface area contributed by atoms with E-state index in [1.807, 2.05) is 12.1 Å². The number of halogens is 2. The van der Waals surface area contributed by atoms with Crippen molar-refractivity contribution in [1.29, 1.82) is 0 Å². The lowest BCUT2D eigenvalue weighted by Crippen LogP contribution is -2.44. The maximum Gasteiger partial charge on any atom is 0.242 e. The summed E-state index contributed by atoms with van der Waals surface area (Å²) < 4.78 is 26.7. The standard InChI is InChI=1S/C23H29N3O2S2.2ClH/c1-24(2)30(27,28)18-10-11-23-21(17-18)19(20-7-4-5-9-22(20)29-23)8-6-12-26-15-13-25(3)14-16-26;;/h4-5,7-11,17H,6,12-16H2,1-3H3;2*1H/b19-8+;;. The van der Waals surface area contributed by atoms with Crippen LogP contribution in [0.4, 0.5) is 0 Å². The second-order valence-corrected chi connectivity index (χ2v) is 11.3. The van der Waals surface area contributed by atoms with Crippen LogP contribution in [0.1, 0.15) is 17.5 Å². The van der Waals surface area contributed by atoms with Gasteiger partial charge in [0.15, 0.2) is 0 Å². The van der Waals surface area contributed by atoms with E-state index < -0.39 is 10.0 Å². The molecule has 0 aliphatic carbocycles. The zero-order valence-corrected chi connectivity index (χ0v) is 21.9. The molecule has 0 saturated carbocycles. The van der Waals surface area contributed by atoms with Crippen molar-refractivity contribution >= 4 is 52.2 Å². The van der Waals surface area contributed by atoms with E-state index in [-0.39, 0.29) is 24.8 Å². The van der Waals surface area contributed by atoms with Crippen molar-refractivity contribution in [2.24, 2.45) is 0 Å². The molecule has 9 heteroatoms. The third-order valence-corrected chi connectivity index (χ3v) is 8.77. The third-order valence-electron chi connectivity index (χ3n) is 5.81. The molecule has 2 aliphatic rings. The summed E-state index contributed by atoms with van der Waals surface area (Å²) in [6, 6.07) is 13.9. The van der Waals surface area contributed by atoms with Gasteiger partial charge in [-0.15, -0.1) is 24.8 Å². The minimum Gasteiger partial charge on any atom is -0.304 e. The quantitative estimate of drug-likeness (QED) is 0.506. The molecule has 0 unspecified atom stereocenters. The van der Waals surface area contributed by atoms with Crippen LogP contribution in [0.25, 0.3) is 5.57 Å². The van der Waals surface area contributed by atoms with Gasteiger partial charge in [-0.25, -0.2) is 12.7 Å². The Kier molecular flexibility index (Phi) is 9.67. The lowest BCUT2D eigenvalue weighted by atomic mass is 9.96. The Hall–Kier alpha value is -1.06. The molecule has 2 aromatic carbocycles. The molecule has 4 rings (SSSR count). The van der Waals surface area contributed by atoms with Gasteiger partial charge in [-0.1, -0.05) is 36.0 Å². The number of piperazine rings is 1. The van der Waals surface area contributed by atoms with E-state index in [1.54, 1.807) is 31.9 Å². The summed E-state index contributed by atoms with van der Waals surface area (Å²) in [5.41, 5.74) is 3.34. The molecule has 0 aromatic heterocycles. The Morgan fingerprint density at radius 3 is 2.31 bits per heavy atom. The lowest BCUT2D eigenvalue weighted by Gasteiger charge is -2.32. The first-order valence-corrected chi connectivity index (χ1v) is 12.6. The number of benzene rings is 2. The Labute approximate surface area is 208 Å². The average Bonchev–Trinajstić information content (AvgIpc) is 2.74. The van der Waals surface area contributed by atoms with E-state index in [2.05, 4.69) is 47.2 Å². The molecule has 2 aliphatic heterocycles. The van der Waals surface area contributed by atoms with E-state index in [9.17, 15) is 8.42 Å². The van der Waals surface area contributed by atoms with Crippen LogP contribution < -0.4 is 0 Å². The molecule has 176 valence electrons. The summed E-state index contributed by atoms with van der Waals surface area (Å²) in [6.45, 7) is 5.47. The summed E-state index contributed by atoms with van der Waals surface area (Å²) in [7, 11) is 1.85. The fourth-order valence-corrected chi connectivity index (χ4v) is 5.92. The van der Waals surface area contributed by atoms with E-state index in [0.717, 1.165) is 55.2 Å². The van der Waals surface area contributed by atoms with Crippen LogP contribution in [0.2, 0.25) is 0 Å². The van der Waals surface area contributed by atoms with E-state index in [0.29, 0.717) is 4.90 Å². The highest BCUT2D eigenvalue weighted by Gasteiger charge is 2.25. The number of sulfonamides is 1. The Balaban J connectivity index is 0.00000181. The van der Waals surface area contributed by atoms with Gasteiger partial charge in [-0.3, -0.25) is 0 Å². The molecule has 0 bridgehead atoms. The van der Waals surface area contributed by atoms with Gasteiger partial charge in [0.25, 0.3) is 0 Å². The predicted molar refractivity (Wildman–Crippen MR) is 138 cm³/mol. The molecule has 0 spiro atoms. The molecule has 5 nitrogen and oxygen atoms in total. The first-order valence-electron chi connectivity index (χ1n) is 10.3. The zero-order valence-electron chi connectivity index (χ0n) is 18.7. The highest BCUT2D eigenvalue weighted by Crippen LogP contribution is 2.46. The fourth-order valence-electron chi connectivity index (χ4n) is 3.90. The van der Waals surface area contributed by atoms with Gasteiger partial charge in [-0.2, -0.15) is 0 Å². The molecule has 1 fully saturated rings. The van der Waals surface area contributed by atoms with Crippen LogP contribution in [0, 0.1) is 0 Å². The molecule has 2 heterocycles. The summed E-state index contributed by atoms with van der Waals surface area (Å²) in [5, 5.41) is 0. The number of hydrogen-bond donors (Lipinski definition) is 0. The third kappa shape index (κ3) is 5.70. The van der Waals surface area contributed by atoms with Crippen LogP contribution >= 0.6 is 36.6 Å². The molecule has 2 aromatic rings. The van der Waals surface area contributed by atoms with Gasteiger partial charge >= 0.3 is 0 Å². The summed E-state index contributed by atoms with van der Waals surface area (Å²) in [4.78, 5) is 7.55. The molecule has 32 heavy (non-hydrogen) atoms. The lowest BCUT2D eigenvalue weighted by molar-refractivity contribution is 0.156. The van der Waals surface area contributed by atoms with Gasteiger partial charge in [-0.05, 0) is 54.4 Å². The molecule has 0 amide bonds. The van der Waals surface area contributed by atoms with Crippen molar-refractivity contribution in [2.45, 2.75) is 21.1 Å². The van der Waals surface area contributed by atoms with Gasteiger partial charge in [0.05, 0.1) is 4.90 Å². The minimum atomic E-state index is -3.47.